The average Bonchev–Trinajstić information content (AvgIpc) is 2.99. The Morgan fingerprint density at radius 1 is 1.09 bits per heavy atom. The smallest absolute Gasteiger partial charge is 0.305 e. The molecule has 0 amide bonds. The normalized spacial score (nSPS) is 19.8. The van der Waals surface area contributed by atoms with Crippen molar-refractivity contribution < 1.29 is 19.0 Å². The number of rotatable bonds is 5. The van der Waals surface area contributed by atoms with Gasteiger partial charge in [-0.25, -0.2) is 0 Å². The van der Waals surface area contributed by atoms with Gasteiger partial charge >= 0.3 is 5.97 Å². The van der Waals surface area contributed by atoms with Gasteiger partial charge in [0, 0.05) is 24.5 Å². The monoisotopic (exact) mass is 444 g/mol. The summed E-state index contributed by atoms with van der Waals surface area (Å²) in [6.45, 7) is 6.69. The van der Waals surface area contributed by atoms with Crippen molar-refractivity contribution in [3.8, 4) is 11.5 Å². The number of anilines is 1. The molecule has 1 spiro atoms. The van der Waals surface area contributed by atoms with E-state index in [0.717, 1.165) is 27.9 Å². The van der Waals surface area contributed by atoms with Gasteiger partial charge in [0.05, 0.1) is 11.6 Å². The maximum atomic E-state index is 11.3. The van der Waals surface area contributed by atoms with Gasteiger partial charge in [0.25, 0.3) is 0 Å². The average molecular weight is 445 g/mol. The summed E-state index contributed by atoms with van der Waals surface area (Å²) in [5, 5.41) is 2.01. The zero-order chi connectivity index (χ0) is 23.2. The van der Waals surface area contributed by atoms with Crippen molar-refractivity contribution in [2.75, 3.05) is 25.2 Å². The van der Waals surface area contributed by atoms with Crippen LogP contribution in [0.2, 0.25) is 0 Å². The second-order valence-electron chi connectivity index (χ2n) is 8.98. The van der Waals surface area contributed by atoms with Gasteiger partial charge in [-0.05, 0) is 49.1 Å². The van der Waals surface area contributed by atoms with Crippen molar-refractivity contribution in [2.24, 2.45) is 4.99 Å². The molecule has 2 heterocycles. The lowest BCUT2D eigenvalue weighted by Crippen LogP contribution is -2.61. The van der Waals surface area contributed by atoms with E-state index in [9.17, 15) is 4.79 Å². The minimum Gasteiger partial charge on any atom is -0.490 e. The fraction of sp³-hybridized carbons (Fsp3) is 0.333. The minimum atomic E-state index is -0.714. The summed E-state index contributed by atoms with van der Waals surface area (Å²) in [5.41, 5.74) is 2.17. The van der Waals surface area contributed by atoms with Crippen molar-refractivity contribution in [1.29, 1.82) is 0 Å². The van der Waals surface area contributed by atoms with Crippen molar-refractivity contribution >= 4 is 34.3 Å². The fourth-order valence-electron chi connectivity index (χ4n) is 4.86. The number of para-hydroxylation sites is 1. The third-order valence-electron chi connectivity index (χ3n) is 6.80. The molecule has 3 aromatic carbocycles. The zero-order valence-corrected chi connectivity index (χ0v) is 19.4. The number of hydrogen-bond acceptors (Lipinski definition) is 6. The third-order valence-corrected chi connectivity index (χ3v) is 6.80. The lowest BCUT2D eigenvalue weighted by Gasteiger charge is -2.45. The molecule has 1 unspecified atom stereocenters. The highest BCUT2D eigenvalue weighted by atomic mass is 16.6. The summed E-state index contributed by atoms with van der Waals surface area (Å²) < 4.78 is 17.7. The molecule has 0 fully saturated rings. The number of hydrogen-bond donors (Lipinski definition) is 0. The SMILES string of the molecule is CCC(=O)OCCOc1ccc2ccc3c(c2c1)N=CC1(O3)N(C)c2ccccc2C1(C)C. The molecular formula is C27H28N2O4. The number of likely N-dealkylation sites (N-methyl/N-ethyl adjacent to an activating group) is 1. The summed E-state index contributed by atoms with van der Waals surface area (Å²) in [6.07, 6.45) is 2.30. The fourth-order valence-corrected chi connectivity index (χ4v) is 4.86. The molecule has 33 heavy (non-hydrogen) atoms. The summed E-state index contributed by atoms with van der Waals surface area (Å²) in [4.78, 5) is 18.4. The van der Waals surface area contributed by atoms with Gasteiger partial charge in [-0.3, -0.25) is 9.79 Å². The summed E-state index contributed by atoms with van der Waals surface area (Å²) >= 11 is 0. The minimum absolute atomic E-state index is 0.226. The van der Waals surface area contributed by atoms with Crippen LogP contribution in [-0.4, -0.2) is 38.2 Å². The quantitative estimate of drug-likeness (QED) is 0.390. The van der Waals surface area contributed by atoms with E-state index in [1.54, 1.807) is 6.92 Å². The van der Waals surface area contributed by atoms with E-state index in [0.29, 0.717) is 18.8 Å². The van der Waals surface area contributed by atoms with Crippen LogP contribution in [0.25, 0.3) is 10.8 Å². The Morgan fingerprint density at radius 3 is 2.67 bits per heavy atom. The number of carbonyl (C=O) groups is 1. The van der Waals surface area contributed by atoms with Gasteiger partial charge in [0.2, 0.25) is 5.72 Å². The first-order valence-corrected chi connectivity index (χ1v) is 11.3. The Balaban J connectivity index is 1.46. The van der Waals surface area contributed by atoms with E-state index >= 15 is 0 Å². The number of esters is 1. The molecule has 0 aromatic heterocycles. The highest BCUT2D eigenvalue weighted by molar-refractivity contribution is 6.00. The van der Waals surface area contributed by atoms with Gasteiger partial charge in [0.15, 0.2) is 0 Å². The summed E-state index contributed by atoms with van der Waals surface area (Å²) in [5.74, 6) is 1.21. The van der Waals surface area contributed by atoms with Crippen LogP contribution in [0.4, 0.5) is 11.4 Å². The molecule has 0 radical (unpaired) electrons. The Labute approximate surface area is 193 Å². The van der Waals surface area contributed by atoms with Crippen LogP contribution in [0.5, 0.6) is 11.5 Å². The Morgan fingerprint density at radius 2 is 1.88 bits per heavy atom. The van der Waals surface area contributed by atoms with E-state index in [1.165, 1.54) is 5.56 Å². The standard InChI is InChI=1S/C27H28N2O4/c1-5-24(30)32-15-14-31-19-12-10-18-11-13-23-25(20(18)16-19)28-17-27(33-23)26(2,3)21-8-6-7-9-22(21)29(27)4/h6-13,16-17H,5,14-15H2,1-4H3. The molecule has 2 aliphatic rings. The Kier molecular flexibility index (Phi) is 5.04. The first kappa shape index (κ1) is 21.3. The van der Waals surface area contributed by atoms with Crippen LogP contribution < -0.4 is 14.4 Å². The molecule has 6 nitrogen and oxygen atoms in total. The molecule has 170 valence electrons. The number of fused-ring (bicyclic) bond motifs is 4. The molecule has 2 aliphatic heterocycles. The number of aliphatic imine (C=N–C) groups is 1. The predicted molar refractivity (Wildman–Crippen MR) is 130 cm³/mol. The number of benzene rings is 3. The molecule has 0 saturated carbocycles. The molecule has 0 N–H and O–H groups in total. The largest absolute Gasteiger partial charge is 0.490 e. The lowest BCUT2D eigenvalue weighted by atomic mass is 9.77. The van der Waals surface area contributed by atoms with Gasteiger partial charge in [-0.15, -0.1) is 0 Å². The van der Waals surface area contributed by atoms with Crippen molar-refractivity contribution in [2.45, 2.75) is 38.3 Å². The van der Waals surface area contributed by atoms with Gasteiger partial charge in [0.1, 0.15) is 30.4 Å². The van der Waals surface area contributed by atoms with E-state index in [-0.39, 0.29) is 18.0 Å². The van der Waals surface area contributed by atoms with Gasteiger partial charge < -0.3 is 19.1 Å². The predicted octanol–water partition coefficient (Wildman–Crippen LogP) is 5.39. The van der Waals surface area contributed by atoms with E-state index in [4.69, 9.17) is 19.2 Å². The third kappa shape index (κ3) is 3.24. The Bertz CT molecular complexity index is 1270. The Hall–Kier alpha value is -3.54. The highest BCUT2D eigenvalue weighted by Gasteiger charge is 2.58. The first-order valence-electron chi connectivity index (χ1n) is 11.3. The number of carbonyl (C=O) groups excluding carboxylic acids is 1. The molecule has 1 atom stereocenters. The molecule has 6 heteroatoms. The van der Waals surface area contributed by atoms with Crippen molar-refractivity contribution in [3.63, 3.8) is 0 Å². The highest BCUT2D eigenvalue weighted by Crippen LogP contribution is 2.54. The summed E-state index contributed by atoms with van der Waals surface area (Å²) in [7, 11) is 2.06. The molecule has 0 saturated heterocycles. The summed E-state index contributed by atoms with van der Waals surface area (Å²) in [6, 6.07) is 18.3. The van der Waals surface area contributed by atoms with Crippen molar-refractivity contribution in [3.05, 3.63) is 60.2 Å². The van der Waals surface area contributed by atoms with Crippen LogP contribution in [-0.2, 0) is 14.9 Å². The molecule has 5 rings (SSSR count). The topological polar surface area (TPSA) is 60.4 Å². The molecule has 0 bridgehead atoms. The maximum absolute atomic E-state index is 11.3. The lowest BCUT2D eigenvalue weighted by molar-refractivity contribution is -0.143. The second-order valence-corrected chi connectivity index (χ2v) is 8.98. The van der Waals surface area contributed by atoms with Crippen molar-refractivity contribution in [1.82, 2.24) is 0 Å². The zero-order valence-electron chi connectivity index (χ0n) is 19.4. The van der Waals surface area contributed by atoms with Gasteiger partial charge in [-0.1, -0.05) is 37.3 Å². The number of ether oxygens (including phenoxy) is 3. The molecular weight excluding hydrogens is 416 g/mol. The molecule has 0 aliphatic carbocycles. The first-order chi connectivity index (χ1) is 15.9. The maximum Gasteiger partial charge on any atom is 0.305 e. The second kappa shape index (κ2) is 7.80. The van der Waals surface area contributed by atoms with E-state index in [1.807, 2.05) is 36.5 Å². The van der Waals surface area contributed by atoms with Crippen LogP contribution in [0, 0.1) is 0 Å². The van der Waals surface area contributed by atoms with Crippen LogP contribution in [0.1, 0.15) is 32.8 Å². The molecule has 3 aromatic rings. The van der Waals surface area contributed by atoms with E-state index in [2.05, 4.69) is 50.1 Å². The van der Waals surface area contributed by atoms with Crippen LogP contribution in [0.3, 0.4) is 0 Å². The number of nitrogens with zero attached hydrogens (tertiary/aromatic N) is 2. The van der Waals surface area contributed by atoms with Crippen LogP contribution >= 0.6 is 0 Å². The van der Waals surface area contributed by atoms with E-state index < -0.39 is 5.72 Å². The van der Waals surface area contributed by atoms with Crippen LogP contribution in [0.15, 0.2) is 59.6 Å². The van der Waals surface area contributed by atoms with Gasteiger partial charge in [-0.2, -0.15) is 0 Å².